The Balaban J connectivity index is 1.89. The number of aliphatic imine (C=N–C) groups is 1. The van der Waals surface area contributed by atoms with Gasteiger partial charge in [-0.1, -0.05) is 37.6 Å². The van der Waals surface area contributed by atoms with Crippen LogP contribution in [-0.2, 0) is 4.79 Å². The van der Waals surface area contributed by atoms with Crippen molar-refractivity contribution in [2.45, 2.75) is 20.8 Å². The van der Waals surface area contributed by atoms with E-state index in [0.717, 1.165) is 16.8 Å². The van der Waals surface area contributed by atoms with E-state index in [1.54, 1.807) is 18.2 Å². The number of amides is 2. The summed E-state index contributed by atoms with van der Waals surface area (Å²) in [6.07, 6.45) is 7.28. The van der Waals surface area contributed by atoms with Crippen molar-refractivity contribution in [1.82, 2.24) is 5.32 Å². The first-order chi connectivity index (χ1) is 11.4. The summed E-state index contributed by atoms with van der Waals surface area (Å²) in [7, 11) is 0. The molecule has 1 unspecified atom stereocenters. The van der Waals surface area contributed by atoms with Gasteiger partial charge in [-0.2, -0.15) is 0 Å². The Bertz CT molecular complexity index is 826. The smallest absolute Gasteiger partial charge is 0.277 e. The summed E-state index contributed by atoms with van der Waals surface area (Å²) in [6.45, 7) is 6.08. The average molecular weight is 320 g/mol. The standard InChI is InChI=1S/C20H20N2O2/c1-12(2)17-11-19(23)22-18-10-15(7-8-16(17)18)21-20(24)14-6-4-5-13(3)9-14/h4-12,16H,1-3H3,(H,22,23). The van der Waals surface area contributed by atoms with E-state index in [-0.39, 0.29) is 23.7 Å². The molecule has 0 spiro atoms. The fraction of sp³-hybridized carbons (Fsp3) is 0.250. The molecule has 4 nitrogen and oxygen atoms in total. The van der Waals surface area contributed by atoms with Gasteiger partial charge >= 0.3 is 0 Å². The lowest BCUT2D eigenvalue weighted by Gasteiger charge is -2.29. The number of hydrogen-bond donors (Lipinski definition) is 1. The van der Waals surface area contributed by atoms with Crippen LogP contribution in [0, 0.1) is 18.8 Å². The van der Waals surface area contributed by atoms with Crippen molar-refractivity contribution in [3.05, 3.63) is 71.0 Å². The second-order valence-corrected chi connectivity index (χ2v) is 6.44. The summed E-state index contributed by atoms with van der Waals surface area (Å²) >= 11 is 0. The predicted octanol–water partition coefficient (Wildman–Crippen LogP) is 3.36. The number of fused-ring (bicyclic) bond motifs is 1. The fourth-order valence-electron chi connectivity index (χ4n) is 2.97. The monoisotopic (exact) mass is 320 g/mol. The molecule has 0 saturated carbocycles. The number of benzene rings is 1. The van der Waals surface area contributed by atoms with E-state index >= 15 is 0 Å². The lowest BCUT2D eigenvalue weighted by atomic mass is 9.82. The molecule has 0 radical (unpaired) electrons. The minimum Gasteiger partial charge on any atom is -0.325 e. The van der Waals surface area contributed by atoms with E-state index in [9.17, 15) is 9.59 Å². The first kappa shape index (κ1) is 16.1. The summed E-state index contributed by atoms with van der Waals surface area (Å²) in [5.74, 6) is -0.0755. The maximum atomic E-state index is 12.3. The normalized spacial score (nSPS) is 21.2. The molecule has 0 bridgehead atoms. The molecule has 1 aromatic rings. The van der Waals surface area contributed by atoms with Crippen molar-refractivity contribution in [1.29, 1.82) is 0 Å². The molecule has 1 atom stereocenters. The second-order valence-electron chi connectivity index (χ2n) is 6.44. The van der Waals surface area contributed by atoms with Crippen LogP contribution in [0.1, 0.15) is 29.8 Å². The van der Waals surface area contributed by atoms with Crippen LogP contribution in [0.4, 0.5) is 0 Å². The fourth-order valence-corrected chi connectivity index (χ4v) is 2.97. The SMILES string of the molecule is Cc1cccc(C(=O)N=C2C=CC3C(=C2)NC(=O)C=C3C(C)C)c1. The minimum absolute atomic E-state index is 0.0516. The number of carbonyl (C=O) groups is 2. The van der Waals surface area contributed by atoms with Gasteiger partial charge in [0.05, 0.1) is 5.71 Å². The molecule has 1 N–H and O–H groups in total. The third-order valence-corrected chi connectivity index (χ3v) is 4.18. The lowest BCUT2D eigenvalue weighted by Crippen LogP contribution is -2.34. The summed E-state index contributed by atoms with van der Waals surface area (Å²) in [6, 6.07) is 7.35. The molecular formula is C20H20N2O2. The van der Waals surface area contributed by atoms with Crippen LogP contribution in [0.15, 0.2) is 64.8 Å². The molecule has 122 valence electrons. The molecule has 1 aromatic carbocycles. The van der Waals surface area contributed by atoms with Gasteiger partial charge in [-0.05, 0) is 42.7 Å². The third kappa shape index (κ3) is 3.27. The maximum absolute atomic E-state index is 12.3. The Morgan fingerprint density at radius 2 is 2.04 bits per heavy atom. The van der Waals surface area contributed by atoms with Crippen molar-refractivity contribution in [3.63, 3.8) is 0 Å². The van der Waals surface area contributed by atoms with E-state index < -0.39 is 0 Å². The molecule has 2 amide bonds. The minimum atomic E-state index is -0.282. The molecule has 3 rings (SSSR count). The van der Waals surface area contributed by atoms with Crippen molar-refractivity contribution < 1.29 is 9.59 Å². The largest absolute Gasteiger partial charge is 0.325 e. The van der Waals surface area contributed by atoms with E-state index in [0.29, 0.717) is 11.3 Å². The van der Waals surface area contributed by atoms with Gasteiger partial charge in [-0.3, -0.25) is 9.59 Å². The van der Waals surface area contributed by atoms with Crippen LogP contribution in [0.25, 0.3) is 0 Å². The van der Waals surface area contributed by atoms with Gasteiger partial charge in [0, 0.05) is 23.3 Å². The number of nitrogens with one attached hydrogen (secondary N) is 1. The van der Waals surface area contributed by atoms with Crippen LogP contribution in [0.2, 0.25) is 0 Å². The lowest BCUT2D eigenvalue weighted by molar-refractivity contribution is -0.116. The molecular weight excluding hydrogens is 300 g/mol. The number of carbonyl (C=O) groups excluding carboxylic acids is 2. The van der Waals surface area contributed by atoms with E-state index in [4.69, 9.17) is 0 Å². The Kier molecular flexibility index (Phi) is 4.30. The van der Waals surface area contributed by atoms with Crippen LogP contribution in [0.5, 0.6) is 0 Å². The maximum Gasteiger partial charge on any atom is 0.277 e. The zero-order chi connectivity index (χ0) is 17.3. The van der Waals surface area contributed by atoms with Gasteiger partial charge in [-0.15, -0.1) is 0 Å². The average Bonchev–Trinajstić information content (AvgIpc) is 2.53. The summed E-state index contributed by atoms with van der Waals surface area (Å²) in [5, 5.41) is 2.86. The van der Waals surface area contributed by atoms with Crippen LogP contribution in [0.3, 0.4) is 0 Å². The zero-order valence-electron chi connectivity index (χ0n) is 14.0. The van der Waals surface area contributed by atoms with Crippen molar-refractivity contribution in [2.75, 3.05) is 0 Å². The Morgan fingerprint density at radius 3 is 2.75 bits per heavy atom. The Morgan fingerprint density at radius 1 is 1.25 bits per heavy atom. The van der Waals surface area contributed by atoms with E-state index in [1.165, 1.54) is 0 Å². The van der Waals surface area contributed by atoms with Gasteiger partial charge in [0.2, 0.25) is 5.91 Å². The van der Waals surface area contributed by atoms with Gasteiger partial charge in [0.25, 0.3) is 5.91 Å². The molecule has 1 heterocycles. The number of allylic oxidation sites excluding steroid dienone is 3. The zero-order valence-corrected chi connectivity index (χ0v) is 14.0. The molecule has 0 saturated heterocycles. The first-order valence-electron chi connectivity index (χ1n) is 8.06. The van der Waals surface area contributed by atoms with Gasteiger partial charge < -0.3 is 5.32 Å². The van der Waals surface area contributed by atoms with Crippen LogP contribution < -0.4 is 5.32 Å². The van der Waals surface area contributed by atoms with Crippen molar-refractivity contribution in [2.24, 2.45) is 16.8 Å². The molecule has 1 aliphatic carbocycles. The highest BCUT2D eigenvalue weighted by Crippen LogP contribution is 2.31. The van der Waals surface area contributed by atoms with Crippen LogP contribution >= 0.6 is 0 Å². The van der Waals surface area contributed by atoms with E-state index in [1.807, 2.05) is 37.3 Å². The molecule has 1 aliphatic heterocycles. The summed E-state index contributed by atoms with van der Waals surface area (Å²) in [4.78, 5) is 28.4. The number of aryl methyl sites for hydroxylation is 1. The molecule has 0 aromatic heterocycles. The summed E-state index contributed by atoms with van der Waals surface area (Å²) in [5.41, 5.74) is 3.99. The third-order valence-electron chi connectivity index (χ3n) is 4.18. The Hall–Kier alpha value is -2.75. The Labute approximate surface area is 141 Å². The highest BCUT2D eigenvalue weighted by molar-refractivity contribution is 6.14. The van der Waals surface area contributed by atoms with Crippen molar-refractivity contribution >= 4 is 17.5 Å². The predicted molar refractivity (Wildman–Crippen MR) is 94.7 cm³/mol. The molecule has 0 fully saturated rings. The highest BCUT2D eigenvalue weighted by atomic mass is 16.2. The van der Waals surface area contributed by atoms with Crippen LogP contribution in [-0.4, -0.2) is 17.5 Å². The van der Waals surface area contributed by atoms with Crippen molar-refractivity contribution in [3.8, 4) is 0 Å². The number of hydrogen-bond acceptors (Lipinski definition) is 2. The molecule has 24 heavy (non-hydrogen) atoms. The van der Waals surface area contributed by atoms with Gasteiger partial charge in [-0.25, -0.2) is 4.99 Å². The quantitative estimate of drug-likeness (QED) is 0.908. The first-order valence-corrected chi connectivity index (χ1v) is 8.06. The van der Waals surface area contributed by atoms with Gasteiger partial charge in [0.15, 0.2) is 0 Å². The summed E-state index contributed by atoms with van der Waals surface area (Å²) < 4.78 is 0. The van der Waals surface area contributed by atoms with Gasteiger partial charge in [0.1, 0.15) is 0 Å². The van der Waals surface area contributed by atoms with E-state index in [2.05, 4.69) is 24.2 Å². The topological polar surface area (TPSA) is 58.5 Å². The highest BCUT2D eigenvalue weighted by Gasteiger charge is 2.27. The molecule has 4 heteroatoms. The number of nitrogens with zero attached hydrogens (tertiary/aromatic N) is 1. The number of rotatable bonds is 2. The second kappa shape index (κ2) is 6.40. The molecule has 2 aliphatic rings.